The molecule has 0 atom stereocenters. The summed E-state index contributed by atoms with van der Waals surface area (Å²) in [6.45, 7) is 2.83. The van der Waals surface area contributed by atoms with Crippen molar-refractivity contribution in [2.45, 2.75) is 38.2 Å². The van der Waals surface area contributed by atoms with Crippen LogP contribution in [0.15, 0.2) is 4.79 Å². The van der Waals surface area contributed by atoms with Crippen LogP contribution < -0.4 is 5.56 Å². The molecule has 1 saturated heterocycles. The number of carboxylic acid groups (broad SMARTS) is 1. The van der Waals surface area contributed by atoms with Crippen LogP contribution in [0.2, 0.25) is 0 Å². The van der Waals surface area contributed by atoms with Gasteiger partial charge in [0.15, 0.2) is 0 Å². The van der Waals surface area contributed by atoms with E-state index in [-0.39, 0.29) is 18.4 Å². The Balaban J connectivity index is 2.34. The highest BCUT2D eigenvalue weighted by Crippen LogP contribution is 2.32. The molecule has 1 fully saturated rings. The van der Waals surface area contributed by atoms with Crippen molar-refractivity contribution in [3.63, 3.8) is 0 Å². The van der Waals surface area contributed by atoms with E-state index in [0.717, 1.165) is 0 Å². The Labute approximate surface area is 122 Å². The highest BCUT2D eigenvalue weighted by atomic mass is 16.5. The van der Waals surface area contributed by atoms with Crippen molar-refractivity contribution in [3.8, 4) is 0 Å². The molecule has 0 aliphatic carbocycles. The summed E-state index contributed by atoms with van der Waals surface area (Å²) in [6.07, 6.45) is 1.34. The molecule has 7 heteroatoms. The first-order chi connectivity index (χ1) is 9.98. The Morgan fingerprint density at radius 2 is 2.14 bits per heavy atom. The van der Waals surface area contributed by atoms with Gasteiger partial charge in [0.2, 0.25) is 0 Å². The number of aromatic nitrogens is 2. The maximum absolute atomic E-state index is 12.2. The van der Waals surface area contributed by atoms with Crippen LogP contribution in [0.3, 0.4) is 0 Å². The number of ether oxygens (including phenoxy) is 2. The first-order valence-electron chi connectivity index (χ1n) is 6.93. The van der Waals surface area contributed by atoms with Gasteiger partial charge in [0.1, 0.15) is 11.4 Å². The Kier molecular flexibility index (Phi) is 4.74. The SMILES string of the molecule is COC1(c2nc(C)c(CCC(=O)O)c(=O)[nH]2)CCOCC1. The Morgan fingerprint density at radius 1 is 1.48 bits per heavy atom. The molecule has 0 radical (unpaired) electrons. The average molecular weight is 296 g/mol. The van der Waals surface area contributed by atoms with Gasteiger partial charge in [-0.1, -0.05) is 0 Å². The Morgan fingerprint density at radius 3 is 2.67 bits per heavy atom. The zero-order valence-electron chi connectivity index (χ0n) is 12.3. The predicted octanol–water partition coefficient (Wildman–Crippen LogP) is 0.748. The van der Waals surface area contributed by atoms with Crippen molar-refractivity contribution in [1.29, 1.82) is 0 Å². The van der Waals surface area contributed by atoms with Gasteiger partial charge in [-0.05, 0) is 13.3 Å². The van der Waals surface area contributed by atoms with Crippen LogP contribution in [0.4, 0.5) is 0 Å². The van der Waals surface area contributed by atoms with Crippen molar-refractivity contribution in [2.24, 2.45) is 0 Å². The monoisotopic (exact) mass is 296 g/mol. The third kappa shape index (κ3) is 3.30. The minimum Gasteiger partial charge on any atom is -0.481 e. The molecule has 1 aromatic heterocycles. The van der Waals surface area contributed by atoms with E-state index in [9.17, 15) is 9.59 Å². The third-order valence-electron chi connectivity index (χ3n) is 3.93. The number of rotatable bonds is 5. The molecule has 1 aromatic rings. The van der Waals surface area contributed by atoms with E-state index in [1.54, 1.807) is 14.0 Å². The second-order valence-corrected chi connectivity index (χ2v) is 5.18. The lowest BCUT2D eigenvalue weighted by molar-refractivity contribution is -0.136. The van der Waals surface area contributed by atoms with Gasteiger partial charge in [0.25, 0.3) is 5.56 Å². The molecule has 2 heterocycles. The van der Waals surface area contributed by atoms with Crippen LogP contribution in [-0.2, 0) is 26.3 Å². The molecule has 0 bridgehead atoms. The smallest absolute Gasteiger partial charge is 0.303 e. The lowest BCUT2D eigenvalue weighted by Gasteiger charge is -2.34. The van der Waals surface area contributed by atoms with Crippen LogP contribution in [0.1, 0.15) is 36.3 Å². The molecule has 116 valence electrons. The van der Waals surface area contributed by atoms with Crippen LogP contribution in [0, 0.1) is 6.92 Å². The molecule has 2 rings (SSSR count). The van der Waals surface area contributed by atoms with Gasteiger partial charge in [-0.25, -0.2) is 4.98 Å². The van der Waals surface area contributed by atoms with E-state index in [1.165, 1.54) is 0 Å². The minimum absolute atomic E-state index is 0.0891. The number of carbonyl (C=O) groups is 1. The van der Waals surface area contributed by atoms with E-state index in [4.69, 9.17) is 14.6 Å². The second kappa shape index (κ2) is 6.36. The van der Waals surface area contributed by atoms with Crippen LogP contribution >= 0.6 is 0 Å². The normalized spacial score (nSPS) is 17.6. The molecular formula is C14H20N2O5. The second-order valence-electron chi connectivity index (χ2n) is 5.18. The Bertz CT molecular complexity index is 575. The van der Waals surface area contributed by atoms with Gasteiger partial charge in [0, 0.05) is 50.8 Å². The van der Waals surface area contributed by atoms with Crippen LogP contribution in [-0.4, -0.2) is 41.4 Å². The first-order valence-corrected chi connectivity index (χ1v) is 6.93. The first kappa shape index (κ1) is 15.7. The molecule has 7 nitrogen and oxygen atoms in total. The maximum Gasteiger partial charge on any atom is 0.303 e. The van der Waals surface area contributed by atoms with E-state index < -0.39 is 11.6 Å². The lowest BCUT2D eigenvalue weighted by atomic mass is 9.92. The fourth-order valence-electron chi connectivity index (χ4n) is 2.59. The van der Waals surface area contributed by atoms with E-state index in [0.29, 0.717) is 43.1 Å². The number of aromatic amines is 1. The molecular weight excluding hydrogens is 276 g/mol. The molecule has 1 aliphatic heterocycles. The van der Waals surface area contributed by atoms with Crippen LogP contribution in [0.25, 0.3) is 0 Å². The molecule has 2 N–H and O–H groups in total. The number of aliphatic carboxylic acids is 1. The number of nitrogens with zero attached hydrogens (tertiary/aromatic N) is 1. The zero-order valence-corrected chi connectivity index (χ0v) is 12.3. The summed E-state index contributed by atoms with van der Waals surface area (Å²) in [5.41, 5.74) is 0.0482. The number of hydrogen-bond donors (Lipinski definition) is 2. The fourth-order valence-corrected chi connectivity index (χ4v) is 2.59. The van der Waals surface area contributed by atoms with Crippen molar-refractivity contribution in [1.82, 2.24) is 9.97 Å². The van der Waals surface area contributed by atoms with E-state index in [1.807, 2.05) is 0 Å². The largest absolute Gasteiger partial charge is 0.481 e. The topological polar surface area (TPSA) is 102 Å². The van der Waals surface area contributed by atoms with E-state index in [2.05, 4.69) is 9.97 Å². The predicted molar refractivity (Wildman–Crippen MR) is 74.3 cm³/mol. The molecule has 1 aliphatic rings. The molecule has 0 aromatic carbocycles. The molecule has 0 unspecified atom stereocenters. The lowest BCUT2D eigenvalue weighted by Crippen LogP contribution is -2.39. The summed E-state index contributed by atoms with van der Waals surface area (Å²) in [6, 6.07) is 0. The standard InChI is InChI=1S/C14H20N2O5/c1-9-10(3-4-11(17)18)12(19)16-13(15-9)14(20-2)5-7-21-8-6-14/h3-8H2,1-2H3,(H,17,18)(H,15,16,19). The average Bonchev–Trinajstić information content (AvgIpc) is 2.46. The fraction of sp³-hybridized carbons (Fsp3) is 0.643. The number of nitrogens with one attached hydrogen (secondary N) is 1. The molecule has 0 amide bonds. The summed E-state index contributed by atoms with van der Waals surface area (Å²) >= 11 is 0. The van der Waals surface area contributed by atoms with Crippen molar-refractivity contribution >= 4 is 5.97 Å². The summed E-state index contributed by atoms with van der Waals surface area (Å²) in [4.78, 5) is 30.1. The molecule has 0 saturated carbocycles. The van der Waals surface area contributed by atoms with Crippen molar-refractivity contribution in [3.05, 3.63) is 27.4 Å². The van der Waals surface area contributed by atoms with Gasteiger partial charge in [-0.15, -0.1) is 0 Å². The highest BCUT2D eigenvalue weighted by molar-refractivity contribution is 5.67. The number of hydrogen-bond acceptors (Lipinski definition) is 5. The van der Waals surface area contributed by atoms with Gasteiger partial charge in [0.05, 0.1) is 0 Å². The number of methoxy groups -OCH3 is 1. The maximum atomic E-state index is 12.2. The number of aryl methyl sites for hydroxylation is 1. The number of H-pyrrole nitrogens is 1. The van der Waals surface area contributed by atoms with Gasteiger partial charge in [-0.3, -0.25) is 9.59 Å². The quantitative estimate of drug-likeness (QED) is 0.831. The molecule has 0 spiro atoms. The summed E-state index contributed by atoms with van der Waals surface area (Å²) in [7, 11) is 1.60. The summed E-state index contributed by atoms with van der Waals surface area (Å²) in [5, 5.41) is 8.73. The van der Waals surface area contributed by atoms with Gasteiger partial charge >= 0.3 is 5.97 Å². The zero-order chi connectivity index (χ0) is 15.5. The minimum atomic E-state index is -0.935. The third-order valence-corrected chi connectivity index (χ3v) is 3.93. The van der Waals surface area contributed by atoms with Gasteiger partial charge in [-0.2, -0.15) is 0 Å². The van der Waals surface area contributed by atoms with Crippen molar-refractivity contribution in [2.75, 3.05) is 20.3 Å². The summed E-state index contributed by atoms with van der Waals surface area (Å²) < 4.78 is 10.9. The van der Waals surface area contributed by atoms with E-state index >= 15 is 0 Å². The summed E-state index contributed by atoms with van der Waals surface area (Å²) in [5.74, 6) is -0.439. The van der Waals surface area contributed by atoms with Gasteiger partial charge < -0.3 is 19.6 Å². The Hall–Kier alpha value is -1.73. The highest BCUT2D eigenvalue weighted by Gasteiger charge is 2.37. The molecule has 21 heavy (non-hydrogen) atoms. The van der Waals surface area contributed by atoms with Crippen molar-refractivity contribution < 1.29 is 19.4 Å². The number of carboxylic acids is 1. The van der Waals surface area contributed by atoms with Crippen LogP contribution in [0.5, 0.6) is 0 Å².